The van der Waals surface area contributed by atoms with Gasteiger partial charge in [0.1, 0.15) is 19.1 Å². The highest BCUT2D eigenvalue weighted by molar-refractivity contribution is 5.26. The van der Waals surface area contributed by atoms with Crippen molar-refractivity contribution in [3.63, 3.8) is 0 Å². The second-order valence-corrected chi connectivity index (χ2v) is 4.23. The second-order valence-electron chi connectivity index (χ2n) is 4.23. The van der Waals surface area contributed by atoms with Crippen molar-refractivity contribution in [3.8, 4) is 0 Å². The summed E-state index contributed by atoms with van der Waals surface area (Å²) in [4.78, 5) is 0. The van der Waals surface area contributed by atoms with Gasteiger partial charge in [0.05, 0.1) is 12.2 Å². The zero-order valence-corrected chi connectivity index (χ0v) is 8.95. The Labute approximate surface area is 88.0 Å². The summed E-state index contributed by atoms with van der Waals surface area (Å²) in [5.41, 5.74) is 1.71. The van der Waals surface area contributed by atoms with Crippen LogP contribution in [0.1, 0.15) is 30.9 Å². The first kappa shape index (κ1) is 10.6. The molecule has 84 valence electrons. The largest absolute Gasteiger partial charge is 0.371 e. The molecule has 0 saturated carbocycles. The monoisotopic (exact) mass is 213 g/mol. The van der Waals surface area contributed by atoms with Crippen LogP contribution in [0.25, 0.3) is 0 Å². The Morgan fingerprint density at radius 2 is 2.33 bits per heavy atom. The summed E-state index contributed by atoms with van der Waals surface area (Å²) in [6.45, 7) is 4.48. The van der Waals surface area contributed by atoms with Crippen molar-refractivity contribution < 1.29 is 19.1 Å². The lowest BCUT2D eigenvalue weighted by molar-refractivity contribution is -0.0427. The lowest BCUT2D eigenvalue weighted by Crippen LogP contribution is -2.31. The molecule has 0 aromatic carbocycles. The number of aliphatic hydroxyl groups excluding tert-OH is 1. The van der Waals surface area contributed by atoms with Crippen LogP contribution in [-0.4, -0.2) is 22.7 Å². The number of aromatic nitrogens is 1. The number of hydrogen-bond donors (Lipinski definition) is 1. The van der Waals surface area contributed by atoms with Gasteiger partial charge < -0.3 is 19.1 Å². The maximum atomic E-state index is 8.56. The molecule has 1 N–H and O–H groups in total. The summed E-state index contributed by atoms with van der Waals surface area (Å²) in [5.74, 6) is 0.690. The molecule has 1 aliphatic rings. The molecule has 5 heteroatoms. The number of nitrogens with zero attached hydrogens (tertiary/aromatic N) is 1. The van der Waals surface area contributed by atoms with Crippen LogP contribution in [0.3, 0.4) is 0 Å². The van der Waals surface area contributed by atoms with Crippen LogP contribution in [-0.2, 0) is 29.1 Å². The van der Waals surface area contributed by atoms with E-state index in [9.17, 15) is 0 Å². The molecule has 0 radical (unpaired) electrons. The molecule has 2 heterocycles. The molecule has 1 aliphatic heterocycles. The Bertz CT molecular complexity index is 345. The highest BCUT2D eigenvalue weighted by Gasteiger charge is 2.31. The smallest absolute Gasteiger partial charge is 0.166 e. The van der Waals surface area contributed by atoms with E-state index >= 15 is 0 Å². The standard InChI is InChI=1S/C10H15NO4/c1-10(2)3-7-8(4-14-10)11-15-9(7)5-13-6-12/h12H,3-6H2,1-2H3. The minimum Gasteiger partial charge on any atom is -0.371 e. The maximum absolute atomic E-state index is 8.56. The molecule has 2 rings (SSSR count). The number of ether oxygens (including phenoxy) is 2. The first-order valence-corrected chi connectivity index (χ1v) is 4.91. The van der Waals surface area contributed by atoms with Crippen molar-refractivity contribution in [2.75, 3.05) is 6.79 Å². The van der Waals surface area contributed by atoms with E-state index in [0.29, 0.717) is 12.4 Å². The van der Waals surface area contributed by atoms with Gasteiger partial charge in [-0.1, -0.05) is 5.16 Å². The van der Waals surface area contributed by atoms with Gasteiger partial charge in [0.25, 0.3) is 0 Å². The molecular formula is C10H15NO4. The summed E-state index contributed by atoms with van der Waals surface area (Å²) < 4.78 is 15.6. The van der Waals surface area contributed by atoms with Gasteiger partial charge in [0.2, 0.25) is 0 Å². The maximum Gasteiger partial charge on any atom is 0.166 e. The molecule has 0 unspecified atom stereocenters. The van der Waals surface area contributed by atoms with Crippen molar-refractivity contribution in [2.45, 2.75) is 39.1 Å². The minimum atomic E-state index is -0.310. The fourth-order valence-electron chi connectivity index (χ4n) is 1.69. The van der Waals surface area contributed by atoms with Gasteiger partial charge in [-0.3, -0.25) is 0 Å². The highest BCUT2D eigenvalue weighted by atomic mass is 16.6. The fourth-order valence-corrected chi connectivity index (χ4v) is 1.69. The predicted molar refractivity (Wildman–Crippen MR) is 50.9 cm³/mol. The van der Waals surface area contributed by atoms with Gasteiger partial charge in [-0.15, -0.1) is 0 Å². The van der Waals surface area contributed by atoms with E-state index < -0.39 is 0 Å². The summed E-state index contributed by atoms with van der Waals surface area (Å²) in [6, 6.07) is 0. The van der Waals surface area contributed by atoms with Crippen molar-refractivity contribution in [2.24, 2.45) is 0 Å². The Balaban J connectivity index is 2.18. The Kier molecular flexibility index (Phi) is 2.77. The molecule has 0 spiro atoms. The Morgan fingerprint density at radius 1 is 1.53 bits per heavy atom. The van der Waals surface area contributed by atoms with Gasteiger partial charge >= 0.3 is 0 Å². The van der Waals surface area contributed by atoms with E-state index in [0.717, 1.165) is 17.7 Å². The van der Waals surface area contributed by atoms with Gasteiger partial charge in [0.15, 0.2) is 5.76 Å². The minimum absolute atomic E-state index is 0.188. The third-order valence-electron chi connectivity index (χ3n) is 2.48. The quantitative estimate of drug-likeness (QED) is 0.758. The van der Waals surface area contributed by atoms with E-state index in [4.69, 9.17) is 19.1 Å². The first-order valence-electron chi connectivity index (χ1n) is 4.91. The van der Waals surface area contributed by atoms with E-state index in [1.54, 1.807) is 0 Å². The van der Waals surface area contributed by atoms with Crippen molar-refractivity contribution in [1.82, 2.24) is 5.16 Å². The van der Waals surface area contributed by atoms with Crippen LogP contribution in [0.4, 0.5) is 0 Å². The summed E-state index contributed by atoms with van der Waals surface area (Å²) in [5, 5.41) is 12.5. The van der Waals surface area contributed by atoms with E-state index in [1.807, 2.05) is 13.8 Å². The van der Waals surface area contributed by atoms with Crippen LogP contribution < -0.4 is 0 Å². The lowest BCUT2D eigenvalue weighted by Gasteiger charge is -2.29. The molecule has 0 aliphatic carbocycles. The molecule has 0 atom stereocenters. The predicted octanol–water partition coefficient (Wildman–Crippen LogP) is 0.992. The highest BCUT2D eigenvalue weighted by Crippen LogP contribution is 2.29. The molecule has 1 aromatic heterocycles. The van der Waals surface area contributed by atoms with Crippen LogP contribution >= 0.6 is 0 Å². The zero-order valence-electron chi connectivity index (χ0n) is 8.95. The third kappa shape index (κ3) is 2.19. The third-order valence-corrected chi connectivity index (χ3v) is 2.48. The summed E-state index contributed by atoms with van der Waals surface area (Å²) in [6.07, 6.45) is 0.760. The fraction of sp³-hybridized carbons (Fsp3) is 0.700. The van der Waals surface area contributed by atoms with Crippen molar-refractivity contribution in [3.05, 3.63) is 17.0 Å². The first-order chi connectivity index (χ1) is 7.12. The SMILES string of the molecule is CC1(C)Cc2c(noc2COCO)CO1. The van der Waals surface area contributed by atoms with Crippen LogP contribution in [0.5, 0.6) is 0 Å². The molecule has 5 nitrogen and oxygen atoms in total. The average Bonchev–Trinajstić information content (AvgIpc) is 2.56. The normalized spacial score (nSPS) is 18.9. The summed E-state index contributed by atoms with van der Waals surface area (Å²) in [7, 11) is 0. The van der Waals surface area contributed by atoms with Gasteiger partial charge in [-0.25, -0.2) is 0 Å². The van der Waals surface area contributed by atoms with Crippen LogP contribution in [0, 0.1) is 0 Å². The van der Waals surface area contributed by atoms with E-state index in [1.165, 1.54) is 0 Å². The van der Waals surface area contributed by atoms with Crippen LogP contribution in [0.2, 0.25) is 0 Å². The second kappa shape index (κ2) is 3.92. The van der Waals surface area contributed by atoms with Crippen LogP contribution in [0.15, 0.2) is 4.52 Å². The molecular weight excluding hydrogens is 198 g/mol. The van der Waals surface area contributed by atoms with Crippen molar-refractivity contribution >= 4 is 0 Å². The molecule has 0 amide bonds. The number of fused-ring (bicyclic) bond motifs is 1. The number of hydrogen-bond acceptors (Lipinski definition) is 5. The average molecular weight is 213 g/mol. The van der Waals surface area contributed by atoms with Gasteiger partial charge in [-0.05, 0) is 13.8 Å². The molecule has 1 aromatic rings. The lowest BCUT2D eigenvalue weighted by atomic mass is 9.94. The number of rotatable bonds is 3. The Hall–Kier alpha value is -0.910. The molecule has 0 fully saturated rings. The van der Waals surface area contributed by atoms with Gasteiger partial charge in [0, 0.05) is 12.0 Å². The molecule has 0 bridgehead atoms. The van der Waals surface area contributed by atoms with E-state index in [2.05, 4.69) is 5.16 Å². The Morgan fingerprint density at radius 3 is 3.07 bits per heavy atom. The zero-order chi connectivity index (χ0) is 10.9. The number of aliphatic hydroxyl groups is 1. The molecule has 0 saturated heterocycles. The molecule has 15 heavy (non-hydrogen) atoms. The van der Waals surface area contributed by atoms with E-state index in [-0.39, 0.29) is 19.0 Å². The topological polar surface area (TPSA) is 64.7 Å². The summed E-state index contributed by atoms with van der Waals surface area (Å²) >= 11 is 0. The van der Waals surface area contributed by atoms with Crippen molar-refractivity contribution in [1.29, 1.82) is 0 Å². The van der Waals surface area contributed by atoms with Gasteiger partial charge in [-0.2, -0.15) is 0 Å².